The summed E-state index contributed by atoms with van der Waals surface area (Å²) < 4.78 is 1.12. The maximum Gasteiger partial charge on any atom is 0.0490 e. The van der Waals surface area contributed by atoms with Crippen LogP contribution in [-0.4, -0.2) is 5.38 Å². The molecule has 0 amide bonds. The highest BCUT2D eigenvalue weighted by molar-refractivity contribution is 9.10. The molecule has 0 saturated heterocycles. The Kier molecular flexibility index (Phi) is 12.8. The van der Waals surface area contributed by atoms with Gasteiger partial charge in [-0.2, -0.15) is 0 Å². The molecular weight excluding hydrogens is 477 g/mol. The first-order valence-electron chi connectivity index (χ1n) is 10.3. The van der Waals surface area contributed by atoms with Crippen LogP contribution in [0.1, 0.15) is 45.6 Å². The summed E-state index contributed by atoms with van der Waals surface area (Å²) in [6, 6.07) is 14.3. The van der Waals surface area contributed by atoms with E-state index in [1.54, 1.807) is 0 Å². The van der Waals surface area contributed by atoms with Crippen molar-refractivity contribution in [1.29, 1.82) is 0 Å². The molecule has 0 saturated carbocycles. The van der Waals surface area contributed by atoms with Crippen molar-refractivity contribution in [2.45, 2.75) is 51.8 Å². The van der Waals surface area contributed by atoms with E-state index in [2.05, 4.69) is 54.6 Å². The predicted molar refractivity (Wildman–Crippen MR) is 139 cm³/mol. The first-order chi connectivity index (χ1) is 14.3. The summed E-state index contributed by atoms with van der Waals surface area (Å²) in [6.45, 7) is 10.1. The van der Waals surface area contributed by atoms with Gasteiger partial charge in [-0.3, -0.25) is 0 Å². The van der Waals surface area contributed by atoms with Crippen LogP contribution in [0.25, 0.3) is 11.1 Å². The highest BCUT2D eigenvalue weighted by Crippen LogP contribution is 2.28. The number of hydrogen-bond donors (Lipinski definition) is 1. The fraction of sp³-hybridized carbons (Fsp3) is 0.308. The van der Waals surface area contributed by atoms with Crippen molar-refractivity contribution in [1.82, 2.24) is 0 Å². The van der Waals surface area contributed by atoms with Crippen molar-refractivity contribution in [3.05, 3.63) is 93.6 Å². The van der Waals surface area contributed by atoms with Crippen LogP contribution >= 0.6 is 39.1 Å². The number of benzene rings is 2. The van der Waals surface area contributed by atoms with Crippen LogP contribution < -0.4 is 5.73 Å². The lowest BCUT2D eigenvalue weighted by Gasteiger charge is -2.10. The fourth-order valence-electron chi connectivity index (χ4n) is 2.73. The van der Waals surface area contributed by atoms with Crippen molar-refractivity contribution >= 4 is 39.1 Å². The number of hydrogen-bond acceptors (Lipinski definition) is 1. The van der Waals surface area contributed by atoms with Gasteiger partial charge in [-0.15, -0.1) is 11.6 Å². The topological polar surface area (TPSA) is 26.0 Å². The summed E-state index contributed by atoms with van der Waals surface area (Å²) in [4.78, 5) is 0. The summed E-state index contributed by atoms with van der Waals surface area (Å²) >= 11 is 15.6. The lowest BCUT2D eigenvalue weighted by atomic mass is 9.98. The minimum Gasteiger partial charge on any atom is -0.399 e. The molecule has 2 aromatic carbocycles. The normalized spacial score (nSPS) is 12.4. The molecule has 0 aliphatic carbocycles. The zero-order valence-electron chi connectivity index (χ0n) is 18.1. The van der Waals surface area contributed by atoms with E-state index in [1.165, 1.54) is 17.5 Å². The maximum atomic E-state index is 5.99. The molecular formula is C26H32BrCl2N. The second kappa shape index (κ2) is 14.5. The Morgan fingerprint density at radius 3 is 2.30 bits per heavy atom. The molecule has 0 aliphatic heterocycles. The number of allylic oxidation sites excluding steroid dienone is 4. The van der Waals surface area contributed by atoms with E-state index < -0.39 is 0 Å². The van der Waals surface area contributed by atoms with Gasteiger partial charge in [0.25, 0.3) is 0 Å². The molecule has 162 valence electrons. The van der Waals surface area contributed by atoms with Gasteiger partial charge in [-0.1, -0.05) is 96.9 Å². The van der Waals surface area contributed by atoms with Crippen molar-refractivity contribution < 1.29 is 0 Å². The van der Waals surface area contributed by atoms with E-state index in [0.717, 1.165) is 39.9 Å². The van der Waals surface area contributed by atoms with Gasteiger partial charge in [0.05, 0.1) is 0 Å². The molecule has 30 heavy (non-hydrogen) atoms. The van der Waals surface area contributed by atoms with E-state index in [-0.39, 0.29) is 5.38 Å². The van der Waals surface area contributed by atoms with E-state index in [0.29, 0.717) is 5.70 Å². The van der Waals surface area contributed by atoms with Crippen molar-refractivity contribution in [2.75, 3.05) is 0 Å². The minimum atomic E-state index is 0.0000951. The molecule has 1 atom stereocenters. The summed E-state index contributed by atoms with van der Waals surface area (Å²) in [5.74, 6) is 0. The lowest BCUT2D eigenvalue weighted by Crippen LogP contribution is -2.00. The monoisotopic (exact) mass is 507 g/mol. The zero-order valence-corrected chi connectivity index (χ0v) is 21.2. The third kappa shape index (κ3) is 10.0. The highest BCUT2D eigenvalue weighted by atomic mass is 79.9. The minimum absolute atomic E-state index is 0.0000951. The molecule has 1 nitrogen and oxygen atoms in total. The third-order valence-electron chi connectivity index (χ3n) is 4.20. The van der Waals surface area contributed by atoms with Gasteiger partial charge in [0.2, 0.25) is 0 Å². The molecule has 0 fully saturated rings. The molecule has 0 spiro atoms. The quantitative estimate of drug-likeness (QED) is 0.279. The number of alkyl halides is 1. The molecule has 0 aromatic heterocycles. The van der Waals surface area contributed by atoms with E-state index in [9.17, 15) is 0 Å². The standard InChI is InChI=1S/C23H24BrCl2N.C3H8/c1-16(25)5-3-6-18(17(2)27)7-4-8-21-15-20(11-14-23(21)24)19-9-12-22(26)13-10-19;1-3-2/h3,5-6,9-16H,2,4,7-8,27H2,1H3;3H2,1-2H3/b5-3-,18-6+;. The first-order valence-corrected chi connectivity index (χ1v) is 11.9. The molecule has 4 heteroatoms. The van der Waals surface area contributed by atoms with Crippen LogP contribution in [0.2, 0.25) is 5.02 Å². The zero-order chi connectivity index (χ0) is 22.5. The Bertz CT molecular complexity index is 852. The Morgan fingerprint density at radius 2 is 1.73 bits per heavy atom. The van der Waals surface area contributed by atoms with Crippen LogP contribution in [0.3, 0.4) is 0 Å². The Balaban J connectivity index is 0.00000141. The van der Waals surface area contributed by atoms with Crippen LogP contribution in [0.4, 0.5) is 0 Å². The number of aryl methyl sites for hydroxylation is 1. The molecule has 0 aliphatic rings. The second-order valence-electron chi connectivity index (χ2n) is 7.15. The van der Waals surface area contributed by atoms with Gasteiger partial charge in [-0.25, -0.2) is 0 Å². The molecule has 0 bridgehead atoms. The number of halogens is 3. The summed E-state index contributed by atoms with van der Waals surface area (Å²) in [5, 5.41) is 0.745. The van der Waals surface area contributed by atoms with E-state index in [4.69, 9.17) is 28.9 Å². The Morgan fingerprint density at radius 1 is 1.13 bits per heavy atom. The predicted octanol–water partition coefficient (Wildman–Crippen LogP) is 9.09. The van der Waals surface area contributed by atoms with Crippen LogP contribution in [-0.2, 0) is 6.42 Å². The fourth-order valence-corrected chi connectivity index (χ4v) is 3.39. The van der Waals surface area contributed by atoms with Crippen molar-refractivity contribution in [3.8, 4) is 11.1 Å². The summed E-state index contributed by atoms with van der Waals surface area (Å²) in [6.07, 6.45) is 9.92. The molecule has 2 N–H and O–H groups in total. The van der Waals surface area contributed by atoms with Gasteiger partial charge in [-0.05, 0) is 66.6 Å². The van der Waals surface area contributed by atoms with Crippen LogP contribution in [0.5, 0.6) is 0 Å². The summed E-state index contributed by atoms with van der Waals surface area (Å²) in [5.41, 5.74) is 11.2. The van der Waals surface area contributed by atoms with Gasteiger partial charge in [0.1, 0.15) is 0 Å². The highest BCUT2D eigenvalue weighted by Gasteiger charge is 2.06. The van der Waals surface area contributed by atoms with Crippen LogP contribution in [0.15, 0.2) is 83.0 Å². The van der Waals surface area contributed by atoms with E-state index in [1.807, 2.05) is 49.4 Å². The van der Waals surface area contributed by atoms with Gasteiger partial charge in [0.15, 0.2) is 0 Å². The number of rotatable bonds is 8. The third-order valence-corrected chi connectivity index (χ3v) is 5.37. The first kappa shape index (κ1) is 26.6. The lowest BCUT2D eigenvalue weighted by molar-refractivity contribution is 0.812. The average molecular weight is 509 g/mol. The van der Waals surface area contributed by atoms with Crippen molar-refractivity contribution in [3.63, 3.8) is 0 Å². The Labute approximate surface area is 200 Å². The number of nitrogens with two attached hydrogens (primary N) is 1. The van der Waals surface area contributed by atoms with Gasteiger partial charge < -0.3 is 5.73 Å². The SMILES string of the molecule is C=C(N)/C(=C/C=C\C(C)Cl)CCCc1cc(-c2ccc(Cl)cc2)ccc1Br.CCC. The average Bonchev–Trinajstić information content (AvgIpc) is 2.69. The molecule has 1 unspecified atom stereocenters. The smallest absolute Gasteiger partial charge is 0.0490 e. The summed E-state index contributed by atoms with van der Waals surface area (Å²) in [7, 11) is 0. The Hall–Kier alpha value is -1.48. The van der Waals surface area contributed by atoms with Gasteiger partial charge >= 0.3 is 0 Å². The van der Waals surface area contributed by atoms with E-state index >= 15 is 0 Å². The molecule has 0 radical (unpaired) electrons. The largest absolute Gasteiger partial charge is 0.399 e. The van der Waals surface area contributed by atoms with Crippen molar-refractivity contribution in [2.24, 2.45) is 5.73 Å². The molecule has 2 rings (SSSR count). The maximum absolute atomic E-state index is 5.99. The second-order valence-corrected chi connectivity index (χ2v) is 9.13. The van der Waals surface area contributed by atoms with Gasteiger partial charge in [0, 0.05) is 20.6 Å². The molecule has 2 aromatic rings. The molecule has 0 heterocycles. The van der Waals surface area contributed by atoms with Crippen LogP contribution in [0, 0.1) is 0 Å².